The molecule has 2 heterocycles. The van der Waals surface area contributed by atoms with Crippen molar-refractivity contribution in [3.63, 3.8) is 0 Å². The molecule has 1 aromatic carbocycles. The maximum atomic E-state index is 13.0. The predicted octanol–water partition coefficient (Wildman–Crippen LogP) is 5.71. The minimum absolute atomic E-state index is 0.125. The van der Waals surface area contributed by atoms with Crippen LogP contribution in [0.2, 0.25) is 10.0 Å². The number of alkyl halides is 4. The molecule has 0 aliphatic carbocycles. The molecule has 2 aromatic heterocycles. The molecule has 3 aromatic rings. The van der Waals surface area contributed by atoms with Crippen LogP contribution in [0, 0.1) is 0 Å². The lowest BCUT2D eigenvalue weighted by atomic mass is 10.2. The maximum Gasteiger partial charge on any atom is 0.282 e. The first-order valence-electron chi connectivity index (χ1n) is 8.24. The quantitative estimate of drug-likeness (QED) is 0.399. The Balaban J connectivity index is 1.71. The lowest BCUT2D eigenvalue weighted by molar-refractivity contribution is -0.117. The van der Waals surface area contributed by atoms with Crippen LogP contribution in [0.4, 0.5) is 23.4 Å². The van der Waals surface area contributed by atoms with Gasteiger partial charge in [0.05, 0.1) is 21.1 Å². The highest BCUT2D eigenvalue weighted by molar-refractivity contribution is 9.10. The van der Waals surface area contributed by atoms with Crippen molar-refractivity contribution in [2.45, 2.75) is 25.9 Å². The highest BCUT2D eigenvalue weighted by Gasteiger charge is 2.23. The molecule has 0 unspecified atom stereocenters. The standard InChI is InChI=1S/C17H12BrCl2F4N5O/c18-9-6-28(5-8-1-2-10(19)11(20)3-8)27-17(9)25-14(30)7-29-13(16(23)24)4-12(26-29)15(21)22/h1-4,6,15-16H,5,7H2,(H,25,27,30). The number of nitrogens with zero attached hydrogens (tertiary/aromatic N) is 4. The number of benzene rings is 1. The third kappa shape index (κ3) is 5.32. The molecular formula is C17H12BrCl2F4N5O. The molecule has 0 radical (unpaired) electrons. The number of nitrogens with one attached hydrogen (secondary N) is 1. The number of anilines is 1. The molecule has 13 heteroatoms. The zero-order chi connectivity index (χ0) is 22.0. The fourth-order valence-corrected chi connectivity index (χ4v) is 3.29. The normalized spacial score (nSPS) is 11.5. The predicted molar refractivity (Wildman–Crippen MR) is 106 cm³/mol. The molecule has 6 nitrogen and oxygen atoms in total. The van der Waals surface area contributed by atoms with Gasteiger partial charge in [-0.15, -0.1) is 0 Å². The third-order valence-electron chi connectivity index (χ3n) is 3.87. The first-order valence-corrected chi connectivity index (χ1v) is 9.79. The minimum Gasteiger partial charge on any atom is -0.307 e. The van der Waals surface area contributed by atoms with Crippen molar-refractivity contribution in [1.29, 1.82) is 0 Å². The molecule has 0 atom stereocenters. The Bertz CT molecular complexity index is 1070. The summed E-state index contributed by atoms with van der Waals surface area (Å²) in [6.07, 6.45) is -4.50. The molecule has 3 rings (SSSR count). The van der Waals surface area contributed by atoms with Gasteiger partial charge in [-0.2, -0.15) is 10.2 Å². The Morgan fingerprint density at radius 2 is 1.83 bits per heavy atom. The number of halogens is 7. The first kappa shape index (κ1) is 22.6. The molecule has 0 bridgehead atoms. The second-order valence-electron chi connectivity index (χ2n) is 6.07. The number of carbonyl (C=O) groups is 1. The summed E-state index contributed by atoms with van der Waals surface area (Å²) in [7, 11) is 0. The van der Waals surface area contributed by atoms with Crippen molar-refractivity contribution in [1.82, 2.24) is 19.6 Å². The second-order valence-corrected chi connectivity index (χ2v) is 7.74. The summed E-state index contributed by atoms with van der Waals surface area (Å²) in [5, 5.41) is 10.8. The van der Waals surface area contributed by atoms with Crippen molar-refractivity contribution in [3.05, 3.63) is 61.9 Å². The lowest BCUT2D eigenvalue weighted by Gasteiger charge is -2.07. The van der Waals surface area contributed by atoms with Gasteiger partial charge in [-0.05, 0) is 39.7 Å². The first-order chi connectivity index (χ1) is 14.1. The molecule has 30 heavy (non-hydrogen) atoms. The molecule has 1 N–H and O–H groups in total. The van der Waals surface area contributed by atoms with E-state index in [9.17, 15) is 22.4 Å². The van der Waals surface area contributed by atoms with Gasteiger partial charge in [-0.1, -0.05) is 29.3 Å². The van der Waals surface area contributed by atoms with E-state index in [1.165, 1.54) is 4.68 Å². The van der Waals surface area contributed by atoms with Gasteiger partial charge >= 0.3 is 0 Å². The van der Waals surface area contributed by atoms with E-state index in [4.69, 9.17) is 23.2 Å². The van der Waals surface area contributed by atoms with Crippen molar-refractivity contribution in [2.24, 2.45) is 0 Å². The Morgan fingerprint density at radius 3 is 2.47 bits per heavy atom. The van der Waals surface area contributed by atoms with Gasteiger partial charge in [-0.25, -0.2) is 17.6 Å². The second kappa shape index (κ2) is 9.36. The van der Waals surface area contributed by atoms with Crippen LogP contribution in [0.1, 0.15) is 29.8 Å². The zero-order valence-electron chi connectivity index (χ0n) is 14.8. The summed E-state index contributed by atoms with van der Waals surface area (Å²) in [5.74, 6) is -0.638. The van der Waals surface area contributed by atoms with Gasteiger partial charge in [-0.3, -0.25) is 14.2 Å². The Labute approximate surface area is 185 Å². The molecule has 0 fully saturated rings. The van der Waals surface area contributed by atoms with Crippen molar-refractivity contribution < 1.29 is 22.4 Å². The summed E-state index contributed by atoms with van der Waals surface area (Å²) >= 11 is 15.1. The van der Waals surface area contributed by atoms with E-state index in [1.807, 2.05) is 0 Å². The topological polar surface area (TPSA) is 64.7 Å². The monoisotopic (exact) mass is 527 g/mol. The highest BCUT2D eigenvalue weighted by atomic mass is 79.9. The van der Waals surface area contributed by atoms with Crippen molar-refractivity contribution in [3.8, 4) is 0 Å². The molecule has 0 aliphatic rings. The average molecular weight is 529 g/mol. The molecule has 0 saturated heterocycles. The van der Waals surface area contributed by atoms with Crippen LogP contribution in [0.3, 0.4) is 0 Å². The molecular weight excluding hydrogens is 517 g/mol. The molecule has 0 spiro atoms. The molecule has 0 saturated carbocycles. The van der Waals surface area contributed by atoms with Crippen LogP contribution in [0.5, 0.6) is 0 Å². The summed E-state index contributed by atoms with van der Waals surface area (Å²) in [4.78, 5) is 12.2. The van der Waals surface area contributed by atoms with Gasteiger partial charge in [0.25, 0.3) is 12.9 Å². The maximum absolute atomic E-state index is 13.0. The SMILES string of the molecule is O=C(Cn1nc(C(F)F)cc1C(F)F)Nc1nn(Cc2ccc(Cl)c(Cl)c2)cc1Br. The van der Waals surface area contributed by atoms with Crippen LogP contribution in [-0.2, 0) is 17.9 Å². The number of amides is 1. The van der Waals surface area contributed by atoms with Crippen LogP contribution in [-0.4, -0.2) is 25.5 Å². The summed E-state index contributed by atoms with van der Waals surface area (Å²) in [6, 6.07) is 5.64. The number of rotatable bonds is 7. The Hall–Kier alpha value is -2.11. The number of aromatic nitrogens is 4. The van der Waals surface area contributed by atoms with E-state index >= 15 is 0 Å². The van der Waals surface area contributed by atoms with Gasteiger partial charge in [0, 0.05) is 6.20 Å². The van der Waals surface area contributed by atoms with E-state index in [0.29, 0.717) is 31.8 Å². The van der Waals surface area contributed by atoms with Gasteiger partial charge in [0.15, 0.2) is 5.82 Å². The molecule has 1 amide bonds. The summed E-state index contributed by atoms with van der Waals surface area (Å²) in [6.45, 7) is -0.365. The van der Waals surface area contributed by atoms with E-state index in [2.05, 4.69) is 31.4 Å². The van der Waals surface area contributed by atoms with Crippen LogP contribution < -0.4 is 5.32 Å². The van der Waals surface area contributed by atoms with E-state index in [-0.39, 0.29) is 5.82 Å². The zero-order valence-corrected chi connectivity index (χ0v) is 17.9. The van der Waals surface area contributed by atoms with E-state index < -0.39 is 36.7 Å². The Morgan fingerprint density at radius 1 is 1.10 bits per heavy atom. The van der Waals surface area contributed by atoms with Crippen molar-refractivity contribution >= 4 is 50.9 Å². The summed E-state index contributed by atoms with van der Waals surface area (Å²) < 4.78 is 54.0. The van der Waals surface area contributed by atoms with Gasteiger partial charge in [0.1, 0.15) is 17.9 Å². The Kier molecular flexibility index (Phi) is 7.04. The van der Waals surface area contributed by atoms with Crippen molar-refractivity contribution in [2.75, 3.05) is 5.32 Å². The highest BCUT2D eigenvalue weighted by Crippen LogP contribution is 2.26. The van der Waals surface area contributed by atoms with E-state index in [0.717, 1.165) is 5.56 Å². The fraction of sp³-hybridized carbons (Fsp3) is 0.235. The minimum atomic E-state index is -3.06. The van der Waals surface area contributed by atoms with Crippen LogP contribution in [0.15, 0.2) is 34.9 Å². The third-order valence-corrected chi connectivity index (χ3v) is 5.19. The molecule has 160 valence electrons. The number of carbonyl (C=O) groups excluding carboxylic acids is 1. The smallest absolute Gasteiger partial charge is 0.282 e. The lowest BCUT2D eigenvalue weighted by Crippen LogP contribution is -2.21. The fourth-order valence-electron chi connectivity index (χ4n) is 2.56. The van der Waals surface area contributed by atoms with E-state index in [1.54, 1.807) is 24.4 Å². The van der Waals surface area contributed by atoms with Gasteiger partial charge < -0.3 is 5.32 Å². The largest absolute Gasteiger partial charge is 0.307 e. The number of hydrogen-bond acceptors (Lipinski definition) is 3. The van der Waals surface area contributed by atoms with Gasteiger partial charge in [0.2, 0.25) is 5.91 Å². The number of hydrogen-bond donors (Lipinski definition) is 1. The average Bonchev–Trinajstić information content (AvgIpc) is 3.22. The van der Waals surface area contributed by atoms with Crippen LogP contribution in [0.25, 0.3) is 0 Å². The molecule has 0 aliphatic heterocycles. The summed E-state index contributed by atoms with van der Waals surface area (Å²) in [5.41, 5.74) is -0.801. The van der Waals surface area contributed by atoms with Crippen LogP contribution >= 0.6 is 39.1 Å².